The predicted octanol–water partition coefficient (Wildman–Crippen LogP) is 0.965. The van der Waals surface area contributed by atoms with E-state index in [2.05, 4.69) is 10.6 Å². The first-order valence-electron chi connectivity index (χ1n) is 5.70. The summed E-state index contributed by atoms with van der Waals surface area (Å²) in [5, 5.41) is 14.0. The van der Waals surface area contributed by atoms with Crippen LogP contribution in [0.15, 0.2) is 0 Å². The number of amides is 1. The first-order valence-corrected chi connectivity index (χ1v) is 5.70. The first kappa shape index (κ1) is 15.7. The Morgan fingerprint density at radius 3 is 2.35 bits per heavy atom. The van der Waals surface area contributed by atoms with Gasteiger partial charge in [-0.15, -0.1) is 0 Å². The molecule has 0 bridgehead atoms. The van der Waals surface area contributed by atoms with Crippen LogP contribution in [0.2, 0.25) is 0 Å². The fourth-order valence-electron chi connectivity index (χ4n) is 1.06. The van der Waals surface area contributed by atoms with Gasteiger partial charge in [0.1, 0.15) is 5.60 Å². The minimum atomic E-state index is -0.793. The molecule has 100 valence electrons. The maximum Gasteiger partial charge on any atom is 0.407 e. The van der Waals surface area contributed by atoms with E-state index in [9.17, 15) is 9.59 Å². The van der Waals surface area contributed by atoms with Crippen LogP contribution >= 0.6 is 0 Å². The van der Waals surface area contributed by atoms with E-state index in [0.717, 1.165) is 0 Å². The smallest absolute Gasteiger partial charge is 0.407 e. The molecule has 0 aromatic rings. The molecule has 0 fully saturated rings. The molecule has 0 aliphatic heterocycles. The molecule has 0 unspecified atom stereocenters. The lowest BCUT2D eigenvalue weighted by atomic mass is 10.2. The molecule has 0 spiro atoms. The fraction of sp³-hybridized carbons (Fsp3) is 0.818. The van der Waals surface area contributed by atoms with Crippen molar-refractivity contribution in [2.75, 3.05) is 19.6 Å². The third-order valence-electron chi connectivity index (χ3n) is 1.71. The molecule has 0 aromatic carbocycles. The van der Waals surface area contributed by atoms with Crippen LogP contribution in [-0.2, 0) is 9.53 Å². The number of alkyl carbamates (subject to hydrolysis) is 1. The van der Waals surface area contributed by atoms with E-state index >= 15 is 0 Å². The fourth-order valence-corrected chi connectivity index (χ4v) is 1.06. The second kappa shape index (κ2) is 7.89. The zero-order chi connectivity index (χ0) is 13.3. The van der Waals surface area contributed by atoms with Crippen LogP contribution in [0.25, 0.3) is 0 Å². The number of hydrogen-bond acceptors (Lipinski definition) is 4. The highest BCUT2D eigenvalue weighted by molar-refractivity contribution is 5.67. The number of carboxylic acids is 1. The quantitative estimate of drug-likeness (QED) is 0.582. The average molecular weight is 246 g/mol. The molecule has 0 aromatic heterocycles. The summed E-state index contributed by atoms with van der Waals surface area (Å²) in [6.45, 7) is 7.09. The second-order valence-corrected chi connectivity index (χ2v) is 4.68. The van der Waals surface area contributed by atoms with Gasteiger partial charge in [0, 0.05) is 19.5 Å². The van der Waals surface area contributed by atoms with Gasteiger partial charge in [-0.2, -0.15) is 0 Å². The summed E-state index contributed by atoms with van der Waals surface area (Å²) in [6, 6.07) is 0. The SMILES string of the molecule is CC(C)(C)OC(=O)NCCNCCCC(=O)O. The molecule has 0 atom stereocenters. The number of carbonyl (C=O) groups is 2. The van der Waals surface area contributed by atoms with Crippen LogP contribution in [0.1, 0.15) is 33.6 Å². The number of aliphatic carboxylic acids is 1. The Morgan fingerprint density at radius 2 is 1.82 bits per heavy atom. The third-order valence-corrected chi connectivity index (χ3v) is 1.71. The van der Waals surface area contributed by atoms with Gasteiger partial charge < -0.3 is 20.5 Å². The van der Waals surface area contributed by atoms with E-state index < -0.39 is 17.7 Å². The Bertz CT molecular complexity index is 248. The largest absolute Gasteiger partial charge is 0.481 e. The molecule has 6 heteroatoms. The summed E-state index contributed by atoms with van der Waals surface area (Å²) in [6.07, 6.45) is 0.304. The van der Waals surface area contributed by atoms with Crippen LogP contribution in [-0.4, -0.2) is 42.4 Å². The normalized spacial score (nSPS) is 11.0. The monoisotopic (exact) mass is 246 g/mol. The number of carbonyl (C=O) groups excluding carboxylic acids is 1. The number of rotatable bonds is 7. The standard InChI is InChI=1S/C11H22N2O4/c1-11(2,3)17-10(16)13-8-7-12-6-4-5-9(14)15/h12H,4-8H2,1-3H3,(H,13,16)(H,14,15). The van der Waals surface area contributed by atoms with E-state index in [1.54, 1.807) is 20.8 Å². The zero-order valence-electron chi connectivity index (χ0n) is 10.7. The van der Waals surface area contributed by atoms with Crippen LogP contribution in [0.3, 0.4) is 0 Å². The molecule has 1 amide bonds. The van der Waals surface area contributed by atoms with Gasteiger partial charge in [-0.05, 0) is 33.7 Å². The second-order valence-electron chi connectivity index (χ2n) is 4.68. The summed E-state index contributed by atoms with van der Waals surface area (Å²) >= 11 is 0. The molecular weight excluding hydrogens is 224 g/mol. The highest BCUT2D eigenvalue weighted by Crippen LogP contribution is 2.05. The molecule has 3 N–H and O–H groups in total. The number of ether oxygens (including phenoxy) is 1. The van der Waals surface area contributed by atoms with Crippen LogP contribution in [0.4, 0.5) is 4.79 Å². The van der Waals surface area contributed by atoms with Gasteiger partial charge in [-0.25, -0.2) is 4.79 Å². The number of carboxylic acid groups (broad SMARTS) is 1. The van der Waals surface area contributed by atoms with Crippen LogP contribution < -0.4 is 10.6 Å². The van der Waals surface area contributed by atoms with Gasteiger partial charge in [0.2, 0.25) is 0 Å². The van der Waals surface area contributed by atoms with Crippen molar-refractivity contribution in [3.05, 3.63) is 0 Å². The van der Waals surface area contributed by atoms with Crippen molar-refractivity contribution in [3.63, 3.8) is 0 Å². The number of hydrogen-bond donors (Lipinski definition) is 3. The van der Waals surface area contributed by atoms with Crippen molar-refractivity contribution in [2.24, 2.45) is 0 Å². The van der Waals surface area contributed by atoms with E-state index in [4.69, 9.17) is 9.84 Å². The van der Waals surface area contributed by atoms with Gasteiger partial charge in [-0.1, -0.05) is 0 Å². The molecule has 0 aliphatic carbocycles. The van der Waals surface area contributed by atoms with E-state index in [1.165, 1.54) is 0 Å². The first-order chi connectivity index (χ1) is 7.81. The molecule has 6 nitrogen and oxygen atoms in total. The van der Waals surface area contributed by atoms with Crippen LogP contribution in [0.5, 0.6) is 0 Å². The van der Waals surface area contributed by atoms with E-state index in [1.807, 2.05) is 0 Å². The van der Waals surface area contributed by atoms with Crippen molar-refractivity contribution in [1.82, 2.24) is 10.6 Å². The van der Waals surface area contributed by atoms with Crippen LogP contribution in [0, 0.1) is 0 Å². The topological polar surface area (TPSA) is 87.7 Å². The van der Waals surface area contributed by atoms with Gasteiger partial charge in [0.15, 0.2) is 0 Å². The lowest BCUT2D eigenvalue weighted by Gasteiger charge is -2.19. The molecule has 0 radical (unpaired) electrons. The Labute approximate surface area is 102 Å². The van der Waals surface area contributed by atoms with Crippen molar-refractivity contribution in [3.8, 4) is 0 Å². The maximum absolute atomic E-state index is 11.2. The lowest BCUT2D eigenvalue weighted by Crippen LogP contribution is -2.36. The minimum absolute atomic E-state index is 0.159. The molecule has 0 saturated heterocycles. The zero-order valence-corrected chi connectivity index (χ0v) is 10.7. The molecule has 0 saturated carbocycles. The van der Waals surface area contributed by atoms with Crippen molar-refractivity contribution in [1.29, 1.82) is 0 Å². The molecular formula is C11H22N2O4. The Morgan fingerprint density at radius 1 is 1.18 bits per heavy atom. The number of nitrogens with one attached hydrogen (secondary N) is 2. The van der Waals surface area contributed by atoms with Crippen molar-refractivity contribution >= 4 is 12.1 Å². The Hall–Kier alpha value is -1.30. The van der Waals surface area contributed by atoms with E-state index in [0.29, 0.717) is 26.1 Å². The van der Waals surface area contributed by atoms with E-state index in [-0.39, 0.29) is 6.42 Å². The molecule has 0 heterocycles. The Kier molecular flexibility index (Phi) is 7.29. The van der Waals surface area contributed by atoms with Gasteiger partial charge >= 0.3 is 12.1 Å². The third kappa shape index (κ3) is 12.6. The lowest BCUT2D eigenvalue weighted by molar-refractivity contribution is -0.137. The average Bonchev–Trinajstić information content (AvgIpc) is 2.12. The maximum atomic E-state index is 11.2. The van der Waals surface area contributed by atoms with Crippen molar-refractivity contribution < 1.29 is 19.4 Å². The van der Waals surface area contributed by atoms with Gasteiger partial charge in [-0.3, -0.25) is 4.79 Å². The summed E-state index contributed by atoms with van der Waals surface area (Å²) in [5.74, 6) is -0.793. The van der Waals surface area contributed by atoms with Gasteiger partial charge in [0.25, 0.3) is 0 Å². The molecule has 0 rings (SSSR count). The van der Waals surface area contributed by atoms with Crippen molar-refractivity contribution in [2.45, 2.75) is 39.2 Å². The predicted molar refractivity (Wildman–Crippen MR) is 64.0 cm³/mol. The highest BCUT2D eigenvalue weighted by atomic mass is 16.6. The highest BCUT2D eigenvalue weighted by Gasteiger charge is 2.15. The summed E-state index contributed by atoms with van der Waals surface area (Å²) in [4.78, 5) is 21.4. The Balaban J connectivity index is 3.34. The summed E-state index contributed by atoms with van der Waals surface area (Å²) in [7, 11) is 0. The molecule has 0 aliphatic rings. The summed E-state index contributed by atoms with van der Waals surface area (Å²) < 4.78 is 5.04. The summed E-state index contributed by atoms with van der Waals surface area (Å²) in [5.41, 5.74) is -0.487. The minimum Gasteiger partial charge on any atom is -0.481 e. The van der Waals surface area contributed by atoms with Gasteiger partial charge in [0.05, 0.1) is 0 Å². The molecule has 17 heavy (non-hydrogen) atoms.